The van der Waals surface area contributed by atoms with Gasteiger partial charge in [-0.15, -0.1) is 6.58 Å². The summed E-state index contributed by atoms with van der Waals surface area (Å²) in [5.41, 5.74) is 1.07. The predicted molar refractivity (Wildman–Crippen MR) is 98.2 cm³/mol. The minimum absolute atomic E-state index is 0.0856. The maximum Gasteiger partial charge on any atom is 0.353 e. The van der Waals surface area contributed by atoms with E-state index in [0.29, 0.717) is 25.5 Å². The summed E-state index contributed by atoms with van der Waals surface area (Å²) in [5, 5.41) is 14.5. The van der Waals surface area contributed by atoms with Crippen molar-refractivity contribution in [3.05, 3.63) is 59.4 Å². The van der Waals surface area contributed by atoms with Crippen LogP contribution in [0.4, 0.5) is 23.0 Å². The fraction of sp³-hybridized carbons (Fsp3) is 0.294. The molecule has 1 aromatic carbocycles. The van der Waals surface area contributed by atoms with Crippen molar-refractivity contribution in [3.63, 3.8) is 0 Å². The Morgan fingerprint density at radius 1 is 1.16 bits per heavy atom. The van der Waals surface area contributed by atoms with E-state index in [1.165, 1.54) is 6.33 Å². The Bertz CT molecular complexity index is 744. The van der Waals surface area contributed by atoms with Crippen molar-refractivity contribution in [1.29, 1.82) is 0 Å². The molecule has 0 atom stereocenters. The predicted octanol–water partition coefficient (Wildman–Crippen LogP) is 2.31. The molecule has 0 saturated carbocycles. The van der Waals surface area contributed by atoms with Crippen LogP contribution in [0.15, 0.2) is 49.3 Å². The van der Waals surface area contributed by atoms with Gasteiger partial charge in [0.2, 0.25) is 11.6 Å². The zero-order valence-electron chi connectivity index (χ0n) is 13.8. The maximum absolute atomic E-state index is 11.6. The van der Waals surface area contributed by atoms with Crippen LogP contribution < -0.4 is 15.1 Å². The van der Waals surface area contributed by atoms with Crippen LogP contribution in [0.5, 0.6) is 0 Å². The quantitative estimate of drug-likeness (QED) is 0.490. The van der Waals surface area contributed by atoms with Crippen molar-refractivity contribution < 1.29 is 4.92 Å². The van der Waals surface area contributed by atoms with E-state index < -0.39 is 4.92 Å². The second-order valence-corrected chi connectivity index (χ2v) is 5.63. The van der Waals surface area contributed by atoms with Gasteiger partial charge in [-0.25, -0.2) is 9.97 Å². The highest BCUT2D eigenvalue weighted by molar-refractivity contribution is 5.70. The Kier molecular flexibility index (Phi) is 5.08. The van der Waals surface area contributed by atoms with Gasteiger partial charge in [0.25, 0.3) is 0 Å². The first kappa shape index (κ1) is 16.7. The monoisotopic (exact) mass is 340 g/mol. The first-order valence-corrected chi connectivity index (χ1v) is 8.10. The molecule has 25 heavy (non-hydrogen) atoms. The van der Waals surface area contributed by atoms with Crippen LogP contribution in [0.25, 0.3) is 0 Å². The standard InChI is InChI=1S/C17H20N6O2/c1-2-8-18-16-15(23(24)25)17(20-13-19-16)22-11-9-21(10-12-22)14-6-4-3-5-7-14/h2-7,13H,1,8-12H2,(H,18,19,20). The number of nitrogens with zero attached hydrogens (tertiary/aromatic N) is 5. The average molecular weight is 340 g/mol. The highest BCUT2D eigenvalue weighted by Crippen LogP contribution is 2.32. The van der Waals surface area contributed by atoms with Crippen LogP contribution in [0.2, 0.25) is 0 Å². The summed E-state index contributed by atoms with van der Waals surface area (Å²) in [4.78, 5) is 23.5. The smallest absolute Gasteiger partial charge is 0.353 e. The molecule has 1 aliphatic rings. The van der Waals surface area contributed by atoms with Crippen LogP contribution in [0, 0.1) is 10.1 Å². The molecule has 0 aliphatic carbocycles. The number of nitrogens with one attached hydrogen (secondary N) is 1. The second kappa shape index (κ2) is 7.61. The Morgan fingerprint density at radius 2 is 1.84 bits per heavy atom. The molecule has 1 aliphatic heterocycles. The number of nitro groups is 1. The van der Waals surface area contributed by atoms with Crippen LogP contribution in [0.1, 0.15) is 0 Å². The molecule has 0 bridgehead atoms. The molecule has 1 fully saturated rings. The molecule has 1 aromatic heterocycles. The summed E-state index contributed by atoms with van der Waals surface area (Å²) >= 11 is 0. The molecule has 3 rings (SSSR count). The minimum atomic E-state index is -0.426. The number of benzene rings is 1. The van der Waals surface area contributed by atoms with Crippen LogP contribution in [-0.2, 0) is 0 Å². The fourth-order valence-corrected chi connectivity index (χ4v) is 2.88. The van der Waals surface area contributed by atoms with E-state index in [9.17, 15) is 10.1 Å². The number of rotatable bonds is 6. The van der Waals surface area contributed by atoms with Crippen molar-refractivity contribution in [2.45, 2.75) is 0 Å². The van der Waals surface area contributed by atoms with E-state index in [1.807, 2.05) is 23.1 Å². The molecule has 1 saturated heterocycles. The number of para-hydroxylation sites is 1. The van der Waals surface area contributed by atoms with Gasteiger partial charge in [0.05, 0.1) is 4.92 Å². The molecule has 2 aromatic rings. The fourth-order valence-electron chi connectivity index (χ4n) is 2.88. The Balaban J connectivity index is 1.78. The van der Waals surface area contributed by atoms with E-state index in [0.717, 1.165) is 18.8 Å². The molecule has 0 amide bonds. The van der Waals surface area contributed by atoms with Crippen molar-refractivity contribution in [1.82, 2.24) is 9.97 Å². The van der Waals surface area contributed by atoms with Gasteiger partial charge in [-0.05, 0) is 12.1 Å². The molecule has 0 radical (unpaired) electrons. The van der Waals surface area contributed by atoms with E-state index in [4.69, 9.17) is 0 Å². The summed E-state index contributed by atoms with van der Waals surface area (Å²) in [6, 6.07) is 10.1. The van der Waals surface area contributed by atoms with Gasteiger partial charge in [-0.1, -0.05) is 24.3 Å². The van der Waals surface area contributed by atoms with Gasteiger partial charge >= 0.3 is 5.69 Å². The third-order valence-electron chi connectivity index (χ3n) is 4.10. The molecular weight excluding hydrogens is 320 g/mol. The third kappa shape index (κ3) is 3.68. The van der Waals surface area contributed by atoms with E-state index >= 15 is 0 Å². The first-order chi connectivity index (χ1) is 12.2. The molecule has 8 heteroatoms. The first-order valence-electron chi connectivity index (χ1n) is 8.10. The zero-order valence-corrected chi connectivity index (χ0v) is 13.8. The van der Waals surface area contributed by atoms with E-state index in [-0.39, 0.29) is 11.5 Å². The van der Waals surface area contributed by atoms with E-state index in [1.54, 1.807) is 6.08 Å². The van der Waals surface area contributed by atoms with E-state index in [2.05, 4.69) is 38.9 Å². The lowest BCUT2D eigenvalue weighted by Crippen LogP contribution is -2.47. The van der Waals surface area contributed by atoms with Crippen molar-refractivity contribution in [2.75, 3.05) is 47.8 Å². The summed E-state index contributed by atoms with van der Waals surface area (Å²) < 4.78 is 0. The highest BCUT2D eigenvalue weighted by atomic mass is 16.6. The largest absolute Gasteiger partial charge is 0.368 e. The summed E-state index contributed by atoms with van der Waals surface area (Å²) in [6.07, 6.45) is 2.99. The molecule has 130 valence electrons. The third-order valence-corrected chi connectivity index (χ3v) is 4.10. The number of piperazine rings is 1. The van der Waals surface area contributed by atoms with Crippen LogP contribution >= 0.6 is 0 Å². The minimum Gasteiger partial charge on any atom is -0.368 e. The highest BCUT2D eigenvalue weighted by Gasteiger charge is 2.29. The summed E-state index contributed by atoms with van der Waals surface area (Å²) in [5.74, 6) is 0.583. The van der Waals surface area contributed by atoms with Gasteiger partial charge in [0.1, 0.15) is 6.33 Å². The van der Waals surface area contributed by atoms with Crippen molar-refractivity contribution >= 4 is 23.0 Å². The maximum atomic E-state index is 11.6. The molecular formula is C17H20N6O2. The number of anilines is 3. The lowest BCUT2D eigenvalue weighted by Gasteiger charge is -2.36. The summed E-state index contributed by atoms with van der Waals surface area (Å²) in [6.45, 7) is 6.89. The van der Waals surface area contributed by atoms with Gasteiger partial charge in [0, 0.05) is 38.4 Å². The van der Waals surface area contributed by atoms with Crippen LogP contribution in [-0.4, -0.2) is 47.6 Å². The van der Waals surface area contributed by atoms with Crippen molar-refractivity contribution in [2.24, 2.45) is 0 Å². The lowest BCUT2D eigenvalue weighted by molar-refractivity contribution is -0.383. The lowest BCUT2D eigenvalue weighted by atomic mass is 10.2. The average Bonchev–Trinajstić information content (AvgIpc) is 2.66. The molecule has 0 spiro atoms. The summed E-state index contributed by atoms with van der Waals surface area (Å²) in [7, 11) is 0. The second-order valence-electron chi connectivity index (χ2n) is 5.63. The van der Waals surface area contributed by atoms with Gasteiger partial charge in [-0.2, -0.15) is 0 Å². The molecule has 0 unspecified atom stereocenters. The van der Waals surface area contributed by atoms with Crippen molar-refractivity contribution in [3.8, 4) is 0 Å². The Hall–Kier alpha value is -3.16. The van der Waals surface area contributed by atoms with Crippen LogP contribution in [0.3, 0.4) is 0 Å². The number of hydrogen-bond donors (Lipinski definition) is 1. The van der Waals surface area contributed by atoms with Gasteiger partial charge in [0.15, 0.2) is 0 Å². The molecule has 2 heterocycles. The normalized spacial score (nSPS) is 14.2. The Labute approximate surface area is 146 Å². The molecule has 1 N–H and O–H groups in total. The number of aromatic nitrogens is 2. The zero-order chi connectivity index (χ0) is 17.6. The topological polar surface area (TPSA) is 87.4 Å². The SMILES string of the molecule is C=CCNc1ncnc(N2CCN(c3ccccc3)CC2)c1[N+](=O)[O-]. The van der Waals surface area contributed by atoms with Gasteiger partial charge < -0.3 is 15.1 Å². The Morgan fingerprint density at radius 3 is 2.48 bits per heavy atom. The number of hydrogen-bond acceptors (Lipinski definition) is 7. The van der Waals surface area contributed by atoms with Gasteiger partial charge in [-0.3, -0.25) is 10.1 Å². The molecule has 8 nitrogen and oxygen atoms in total.